The number of nitrogens with zero attached hydrogens (tertiary/aromatic N) is 4. The lowest BCUT2D eigenvalue weighted by Gasteiger charge is -2.17. The van der Waals surface area contributed by atoms with Crippen LogP contribution in [0.25, 0.3) is 27.3 Å². The molecule has 0 bridgehead atoms. The van der Waals surface area contributed by atoms with Crippen LogP contribution in [0.1, 0.15) is 44.6 Å². The number of rotatable bonds is 7. The molecule has 1 aliphatic rings. The zero-order valence-corrected chi connectivity index (χ0v) is 19.8. The molecule has 3 heterocycles. The second-order valence-corrected chi connectivity index (χ2v) is 9.18. The van der Waals surface area contributed by atoms with Crippen LogP contribution in [0.3, 0.4) is 0 Å². The van der Waals surface area contributed by atoms with Crippen LogP contribution in [-0.2, 0) is 12.8 Å². The van der Waals surface area contributed by atoms with Crippen molar-refractivity contribution in [2.45, 2.75) is 47.0 Å². The van der Waals surface area contributed by atoms with Crippen molar-refractivity contribution in [1.82, 2.24) is 19.6 Å². The van der Waals surface area contributed by atoms with Crippen LogP contribution in [0.4, 0.5) is 0 Å². The maximum atomic E-state index is 5.89. The van der Waals surface area contributed by atoms with E-state index in [1.165, 1.54) is 16.9 Å². The van der Waals surface area contributed by atoms with Crippen molar-refractivity contribution in [2.75, 3.05) is 19.8 Å². The average Bonchev–Trinajstić information content (AvgIpc) is 3.36. The van der Waals surface area contributed by atoms with Gasteiger partial charge in [0.1, 0.15) is 11.2 Å². The fourth-order valence-electron chi connectivity index (χ4n) is 4.45. The third kappa shape index (κ3) is 3.46. The molecule has 7 nitrogen and oxygen atoms in total. The van der Waals surface area contributed by atoms with E-state index in [4.69, 9.17) is 19.2 Å². The van der Waals surface area contributed by atoms with Crippen molar-refractivity contribution in [1.29, 1.82) is 0 Å². The van der Waals surface area contributed by atoms with Crippen LogP contribution in [0.5, 0.6) is 17.2 Å². The summed E-state index contributed by atoms with van der Waals surface area (Å²) >= 11 is 1.80. The van der Waals surface area contributed by atoms with Gasteiger partial charge in [0, 0.05) is 10.4 Å². The maximum absolute atomic E-state index is 5.89. The van der Waals surface area contributed by atoms with E-state index in [-0.39, 0.29) is 0 Å². The summed E-state index contributed by atoms with van der Waals surface area (Å²) in [5.41, 5.74) is 3.12. The maximum Gasteiger partial charge on any atom is 0.203 e. The Morgan fingerprint density at radius 3 is 2.44 bits per heavy atom. The predicted octanol–water partition coefficient (Wildman–Crippen LogP) is 5.33. The Bertz CT molecular complexity index is 1250. The van der Waals surface area contributed by atoms with Crippen molar-refractivity contribution in [2.24, 2.45) is 5.92 Å². The molecule has 1 aliphatic carbocycles. The Balaban J connectivity index is 1.68. The van der Waals surface area contributed by atoms with Crippen molar-refractivity contribution in [3.05, 3.63) is 28.9 Å². The van der Waals surface area contributed by atoms with Gasteiger partial charge in [0.15, 0.2) is 23.0 Å². The lowest BCUT2D eigenvalue weighted by atomic mass is 9.89. The molecule has 0 spiro atoms. The Morgan fingerprint density at radius 1 is 1.03 bits per heavy atom. The van der Waals surface area contributed by atoms with E-state index in [1.54, 1.807) is 11.3 Å². The molecule has 8 heteroatoms. The predicted molar refractivity (Wildman–Crippen MR) is 126 cm³/mol. The highest BCUT2D eigenvalue weighted by molar-refractivity contribution is 7.19. The average molecular weight is 453 g/mol. The van der Waals surface area contributed by atoms with Crippen molar-refractivity contribution in [3.8, 4) is 28.6 Å². The molecule has 0 saturated carbocycles. The summed E-state index contributed by atoms with van der Waals surface area (Å²) < 4.78 is 19.6. The van der Waals surface area contributed by atoms with Crippen LogP contribution in [0.2, 0.25) is 0 Å². The van der Waals surface area contributed by atoms with Crippen molar-refractivity contribution >= 4 is 27.2 Å². The molecular formula is C24H28N4O3S. The van der Waals surface area contributed by atoms with E-state index >= 15 is 0 Å². The van der Waals surface area contributed by atoms with E-state index in [9.17, 15) is 0 Å². The van der Waals surface area contributed by atoms with Crippen LogP contribution in [0, 0.1) is 5.92 Å². The fraction of sp³-hybridized carbons (Fsp3) is 0.458. The third-order valence-corrected chi connectivity index (χ3v) is 7.03. The van der Waals surface area contributed by atoms with Gasteiger partial charge < -0.3 is 14.2 Å². The molecule has 3 aromatic heterocycles. The summed E-state index contributed by atoms with van der Waals surface area (Å²) in [6, 6.07) is 3.89. The number of fused-ring (bicyclic) bond motifs is 5. The summed E-state index contributed by atoms with van der Waals surface area (Å²) in [6.07, 6.45) is 5.23. The molecule has 32 heavy (non-hydrogen) atoms. The quantitative estimate of drug-likeness (QED) is 0.378. The van der Waals surface area contributed by atoms with Gasteiger partial charge in [0.05, 0.1) is 25.2 Å². The lowest BCUT2D eigenvalue weighted by molar-refractivity contribution is 0.261. The molecule has 168 valence electrons. The zero-order chi connectivity index (χ0) is 22.2. The smallest absolute Gasteiger partial charge is 0.203 e. The first kappa shape index (κ1) is 21.0. The normalized spacial score (nSPS) is 15.8. The molecule has 0 saturated heterocycles. The minimum atomic E-state index is 0.525. The van der Waals surface area contributed by atoms with Crippen molar-refractivity contribution < 1.29 is 14.2 Å². The summed E-state index contributed by atoms with van der Waals surface area (Å²) in [7, 11) is 0. The Kier molecular flexibility index (Phi) is 5.63. The summed E-state index contributed by atoms with van der Waals surface area (Å²) in [4.78, 5) is 7.27. The van der Waals surface area contributed by atoms with E-state index in [0.29, 0.717) is 42.9 Å². The second kappa shape index (κ2) is 8.58. The number of hydrogen-bond acceptors (Lipinski definition) is 7. The van der Waals surface area contributed by atoms with Crippen LogP contribution in [-0.4, -0.2) is 39.4 Å². The first-order valence-electron chi connectivity index (χ1n) is 11.3. The largest absolute Gasteiger partial charge is 0.490 e. The molecule has 5 rings (SSSR count). The fourth-order valence-corrected chi connectivity index (χ4v) is 5.80. The molecular weight excluding hydrogens is 424 g/mol. The zero-order valence-electron chi connectivity index (χ0n) is 19.0. The van der Waals surface area contributed by atoms with Crippen LogP contribution >= 0.6 is 11.3 Å². The first-order valence-corrected chi connectivity index (χ1v) is 12.2. The number of aromatic nitrogens is 4. The first-order chi connectivity index (χ1) is 15.6. The van der Waals surface area contributed by atoms with Gasteiger partial charge in [0.2, 0.25) is 5.75 Å². The van der Waals surface area contributed by atoms with Gasteiger partial charge in [-0.2, -0.15) is 0 Å². The monoisotopic (exact) mass is 452 g/mol. The molecule has 0 aliphatic heterocycles. The molecule has 1 aromatic carbocycles. The molecule has 0 fully saturated rings. The van der Waals surface area contributed by atoms with Gasteiger partial charge in [-0.25, -0.2) is 4.98 Å². The molecule has 4 aromatic rings. The third-order valence-electron chi connectivity index (χ3n) is 5.87. The van der Waals surface area contributed by atoms with Gasteiger partial charge in [0.25, 0.3) is 0 Å². The molecule has 0 N–H and O–H groups in total. The Labute approximate surface area is 191 Å². The van der Waals surface area contributed by atoms with Crippen LogP contribution in [0.15, 0.2) is 18.5 Å². The summed E-state index contributed by atoms with van der Waals surface area (Å²) in [6.45, 7) is 9.76. The Hall–Kier alpha value is -2.87. The van der Waals surface area contributed by atoms with E-state index < -0.39 is 0 Å². The van der Waals surface area contributed by atoms with Gasteiger partial charge >= 0.3 is 0 Å². The topological polar surface area (TPSA) is 70.8 Å². The minimum absolute atomic E-state index is 0.525. The highest BCUT2D eigenvalue weighted by Crippen LogP contribution is 2.43. The standard InChI is InChI=1S/C24H28N4O3S/c1-5-29-17-11-15(12-18(30-6-2)21(17)31-7-3)22-26-27-23-20-16-9-8-14(4)10-19(16)32-24(20)25-13-28(22)23/h11-14H,5-10H2,1-4H3. The molecule has 0 radical (unpaired) electrons. The highest BCUT2D eigenvalue weighted by Gasteiger charge is 2.25. The molecule has 1 unspecified atom stereocenters. The summed E-state index contributed by atoms with van der Waals surface area (Å²) in [5.74, 6) is 3.34. The van der Waals surface area contributed by atoms with Crippen LogP contribution < -0.4 is 14.2 Å². The number of ether oxygens (including phenoxy) is 3. The van der Waals surface area contributed by atoms with E-state index in [1.807, 2.05) is 43.6 Å². The van der Waals surface area contributed by atoms with Gasteiger partial charge in [-0.3, -0.25) is 4.40 Å². The number of hydrogen-bond donors (Lipinski definition) is 0. The Morgan fingerprint density at radius 2 is 1.75 bits per heavy atom. The minimum Gasteiger partial charge on any atom is -0.490 e. The molecule has 1 atom stereocenters. The molecule has 0 amide bonds. The summed E-state index contributed by atoms with van der Waals surface area (Å²) in [5, 5.41) is 10.3. The lowest BCUT2D eigenvalue weighted by Crippen LogP contribution is -2.08. The number of aryl methyl sites for hydroxylation is 1. The van der Waals surface area contributed by atoms with Gasteiger partial charge in [-0.15, -0.1) is 21.5 Å². The highest BCUT2D eigenvalue weighted by atomic mass is 32.1. The van der Waals surface area contributed by atoms with Gasteiger partial charge in [-0.05, 0) is 63.6 Å². The van der Waals surface area contributed by atoms with E-state index in [0.717, 1.165) is 40.2 Å². The number of thiophene rings is 1. The SMILES string of the molecule is CCOc1cc(-c2nnc3c4c5c(sc4ncn23)CC(C)CC5)cc(OCC)c1OCC. The van der Waals surface area contributed by atoms with Gasteiger partial charge in [-0.1, -0.05) is 6.92 Å². The van der Waals surface area contributed by atoms with E-state index in [2.05, 4.69) is 17.1 Å². The second-order valence-electron chi connectivity index (χ2n) is 8.09. The van der Waals surface area contributed by atoms with Crippen molar-refractivity contribution in [3.63, 3.8) is 0 Å². The number of benzene rings is 1.